The Bertz CT molecular complexity index is 404. The maximum atomic E-state index is 13.8. The first-order valence-electron chi connectivity index (χ1n) is 6.97. The van der Waals surface area contributed by atoms with Crippen molar-refractivity contribution in [1.82, 2.24) is 0 Å². The SMILES string of the molecule is COCCCOCCOc1c(F)cc(CC(C)N)cc1F. The van der Waals surface area contributed by atoms with E-state index in [0.29, 0.717) is 25.2 Å². The molecule has 1 aromatic rings. The fraction of sp³-hybridized carbons (Fsp3) is 0.600. The van der Waals surface area contributed by atoms with Crippen molar-refractivity contribution >= 4 is 0 Å². The molecular weight excluding hydrogens is 280 g/mol. The van der Waals surface area contributed by atoms with Crippen LogP contribution in [0.5, 0.6) is 5.75 Å². The first-order valence-corrected chi connectivity index (χ1v) is 6.97. The number of halogens is 2. The van der Waals surface area contributed by atoms with Crippen LogP contribution in [-0.2, 0) is 15.9 Å². The zero-order valence-electron chi connectivity index (χ0n) is 12.5. The molecule has 1 aromatic carbocycles. The number of nitrogens with two attached hydrogens (primary N) is 1. The third-order valence-corrected chi connectivity index (χ3v) is 2.73. The van der Waals surface area contributed by atoms with Crippen LogP contribution < -0.4 is 10.5 Å². The minimum atomic E-state index is -0.718. The molecule has 0 radical (unpaired) electrons. The molecule has 0 aliphatic carbocycles. The van der Waals surface area contributed by atoms with Crippen molar-refractivity contribution in [3.63, 3.8) is 0 Å². The normalized spacial score (nSPS) is 12.4. The Hall–Kier alpha value is -1.24. The lowest BCUT2D eigenvalue weighted by atomic mass is 10.1. The van der Waals surface area contributed by atoms with Gasteiger partial charge < -0.3 is 19.9 Å². The summed E-state index contributed by atoms with van der Waals surface area (Å²) in [5.41, 5.74) is 6.13. The van der Waals surface area contributed by atoms with Crippen LogP contribution in [0.25, 0.3) is 0 Å². The van der Waals surface area contributed by atoms with Gasteiger partial charge in [-0.25, -0.2) is 8.78 Å². The average molecular weight is 303 g/mol. The minimum absolute atomic E-state index is 0.0907. The summed E-state index contributed by atoms with van der Waals surface area (Å²) in [4.78, 5) is 0. The fourth-order valence-corrected chi connectivity index (χ4v) is 1.85. The van der Waals surface area contributed by atoms with Gasteiger partial charge in [-0.3, -0.25) is 0 Å². The van der Waals surface area contributed by atoms with E-state index in [1.54, 1.807) is 14.0 Å². The first kappa shape index (κ1) is 17.8. The lowest BCUT2D eigenvalue weighted by Crippen LogP contribution is -2.18. The molecule has 0 saturated heterocycles. The first-order chi connectivity index (χ1) is 10.0. The van der Waals surface area contributed by atoms with Crippen LogP contribution in [0.2, 0.25) is 0 Å². The molecule has 2 N–H and O–H groups in total. The molecule has 0 aliphatic rings. The second kappa shape index (κ2) is 9.65. The van der Waals surface area contributed by atoms with E-state index in [4.69, 9.17) is 19.9 Å². The maximum absolute atomic E-state index is 13.8. The lowest BCUT2D eigenvalue weighted by molar-refractivity contribution is 0.0786. The summed E-state index contributed by atoms with van der Waals surface area (Å²) in [7, 11) is 1.61. The molecule has 0 fully saturated rings. The Labute approximate surface area is 124 Å². The van der Waals surface area contributed by atoms with Gasteiger partial charge in [0.2, 0.25) is 0 Å². The van der Waals surface area contributed by atoms with Crippen molar-refractivity contribution in [2.75, 3.05) is 33.5 Å². The summed E-state index contributed by atoms with van der Waals surface area (Å²) < 4.78 is 42.8. The smallest absolute Gasteiger partial charge is 0.190 e. The number of ether oxygens (including phenoxy) is 3. The second-order valence-electron chi connectivity index (χ2n) is 4.88. The quantitative estimate of drug-likeness (QED) is 0.674. The Kier molecular flexibility index (Phi) is 8.19. The van der Waals surface area contributed by atoms with Gasteiger partial charge in [0, 0.05) is 26.4 Å². The number of rotatable bonds is 10. The predicted molar refractivity (Wildman–Crippen MR) is 76.5 cm³/mol. The third-order valence-electron chi connectivity index (χ3n) is 2.73. The van der Waals surface area contributed by atoms with Crippen LogP contribution in [0.1, 0.15) is 18.9 Å². The minimum Gasteiger partial charge on any atom is -0.485 e. The van der Waals surface area contributed by atoms with Crippen molar-refractivity contribution in [2.24, 2.45) is 5.73 Å². The summed E-state index contributed by atoms with van der Waals surface area (Å²) in [5, 5.41) is 0. The van der Waals surface area contributed by atoms with Crippen LogP contribution in [-0.4, -0.2) is 39.6 Å². The molecule has 0 bridgehead atoms. The van der Waals surface area contributed by atoms with E-state index in [-0.39, 0.29) is 25.0 Å². The second-order valence-corrected chi connectivity index (χ2v) is 4.88. The van der Waals surface area contributed by atoms with E-state index in [0.717, 1.165) is 6.42 Å². The van der Waals surface area contributed by atoms with Crippen LogP contribution in [0.15, 0.2) is 12.1 Å². The number of benzene rings is 1. The number of methoxy groups -OCH3 is 1. The van der Waals surface area contributed by atoms with Gasteiger partial charge in [-0.05, 0) is 37.5 Å². The van der Waals surface area contributed by atoms with Crippen LogP contribution >= 0.6 is 0 Å². The molecule has 120 valence electrons. The topological polar surface area (TPSA) is 53.7 Å². The highest BCUT2D eigenvalue weighted by Gasteiger charge is 2.13. The lowest BCUT2D eigenvalue weighted by Gasteiger charge is -2.11. The van der Waals surface area contributed by atoms with Gasteiger partial charge in [0.15, 0.2) is 17.4 Å². The highest BCUT2D eigenvalue weighted by atomic mass is 19.1. The predicted octanol–water partition coefficient (Wildman–Crippen LogP) is 2.29. The Morgan fingerprint density at radius 3 is 2.33 bits per heavy atom. The molecule has 0 aromatic heterocycles. The van der Waals surface area contributed by atoms with Crippen LogP contribution in [0, 0.1) is 11.6 Å². The summed E-state index contributed by atoms with van der Waals surface area (Å²) in [6.45, 7) is 3.28. The molecule has 0 aliphatic heterocycles. The van der Waals surface area contributed by atoms with E-state index in [9.17, 15) is 8.78 Å². The molecule has 0 saturated carbocycles. The number of hydrogen-bond donors (Lipinski definition) is 1. The molecule has 0 amide bonds. The van der Waals surface area contributed by atoms with Crippen molar-refractivity contribution in [2.45, 2.75) is 25.8 Å². The van der Waals surface area contributed by atoms with Crippen molar-refractivity contribution < 1.29 is 23.0 Å². The molecule has 0 heterocycles. The number of hydrogen-bond acceptors (Lipinski definition) is 4. The van der Waals surface area contributed by atoms with Crippen LogP contribution in [0.3, 0.4) is 0 Å². The zero-order valence-corrected chi connectivity index (χ0v) is 12.5. The summed E-state index contributed by atoms with van der Waals surface area (Å²) in [6, 6.07) is 2.35. The van der Waals surface area contributed by atoms with Gasteiger partial charge in [0.25, 0.3) is 0 Å². The van der Waals surface area contributed by atoms with E-state index < -0.39 is 11.6 Å². The Morgan fingerprint density at radius 1 is 1.10 bits per heavy atom. The van der Waals surface area contributed by atoms with E-state index >= 15 is 0 Å². The van der Waals surface area contributed by atoms with Crippen LogP contribution in [0.4, 0.5) is 8.78 Å². The Balaban J connectivity index is 2.41. The van der Waals surface area contributed by atoms with Gasteiger partial charge in [-0.1, -0.05) is 0 Å². The van der Waals surface area contributed by atoms with Gasteiger partial charge in [0.05, 0.1) is 6.61 Å². The van der Waals surface area contributed by atoms with E-state index in [2.05, 4.69) is 0 Å². The van der Waals surface area contributed by atoms with E-state index in [1.807, 2.05) is 0 Å². The fourth-order valence-electron chi connectivity index (χ4n) is 1.85. The third kappa shape index (κ3) is 6.84. The molecule has 1 atom stereocenters. The summed E-state index contributed by atoms with van der Waals surface area (Å²) in [6.07, 6.45) is 1.18. The molecule has 1 rings (SSSR count). The zero-order chi connectivity index (χ0) is 15.7. The maximum Gasteiger partial charge on any atom is 0.190 e. The molecule has 21 heavy (non-hydrogen) atoms. The van der Waals surface area contributed by atoms with Gasteiger partial charge in [-0.2, -0.15) is 0 Å². The molecule has 0 spiro atoms. The molecule has 4 nitrogen and oxygen atoms in total. The van der Waals surface area contributed by atoms with Gasteiger partial charge in [-0.15, -0.1) is 0 Å². The summed E-state index contributed by atoms with van der Waals surface area (Å²) >= 11 is 0. The van der Waals surface area contributed by atoms with Crippen molar-refractivity contribution in [3.05, 3.63) is 29.3 Å². The van der Waals surface area contributed by atoms with Gasteiger partial charge in [0.1, 0.15) is 6.61 Å². The average Bonchev–Trinajstić information content (AvgIpc) is 2.39. The Morgan fingerprint density at radius 2 is 1.76 bits per heavy atom. The summed E-state index contributed by atoms with van der Waals surface area (Å²) in [5.74, 6) is -1.81. The highest BCUT2D eigenvalue weighted by molar-refractivity contribution is 5.31. The van der Waals surface area contributed by atoms with Gasteiger partial charge >= 0.3 is 0 Å². The monoisotopic (exact) mass is 303 g/mol. The van der Waals surface area contributed by atoms with E-state index in [1.165, 1.54) is 12.1 Å². The largest absolute Gasteiger partial charge is 0.485 e. The van der Waals surface area contributed by atoms with Crippen molar-refractivity contribution in [1.29, 1.82) is 0 Å². The standard InChI is InChI=1S/C15H23F2NO3/c1-11(18)8-12-9-13(16)15(14(17)10-12)21-7-6-20-5-3-4-19-2/h9-11H,3-8,18H2,1-2H3. The molecule has 6 heteroatoms. The van der Waals surface area contributed by atoms with Crippen molar-refractivity contribution in [3.8, 4) is 5.75 Å². The molecular formula is C15H23F2NO3. The molecule has 1 unspecified atom stereocenters. The highest BCUT2D eigenvalue weighted by Crippen LogP contribution is 2.23.